The molecule has 0 saturated carbocycles. The number of aliphatic carboxylic acids is 1. The van der Waals surface area contributed by atoms with E-state index in [0.717, 1.165) is 0 Å². The Morgan fingerprint density at radius 2 is 1.94 bits per heavy atom. The molecule has 0 spiro atoms. The minimum absolute atomic E-state index is 0. The molecule has 3 aliphatic rings. The van der Waals surface area contributed by atoms with Gasteiger partial charge in [-0.05, 0) is 30.9 Å². The Kier molecular flexibility index (Phi) is 9.65. The van der Waals surface area contributed by atoms with E-state index in [2.05, 4.69) is 10.3 Å². The van der Waals surface area contributed by atoms with Gasteiger partial charge >= 0.3 is 35.5 Å². The smallest absolute Gasteiger partial charge is 0.860 e. The first-order valence-corrected chi connectivity index (χ1v) is 12.3. The maximum atomic E-state index is 13.3. The molecule has 2 saturated heterocycles. The second kappa shape index (κ2) is 12.3. The summed E-state index contributed by atoms with van der Waals surface area (Å²) >= 11 is 1.39. The number of benzene rings is 1. The van der Waals surface area contributed by atoms with E-state index in [9.17, 15) is 24.6 Å². The number of allylic oxidation sites excluding steroid dienone is 1. The number of amides is 2. The summed E-state index contributed by atoms with van der Waals surface area (Å²) < 4.78 is 5.28. The summed E-state index contributed by atoms with van der Waals surface area (Å²) in [5.74, 6) is -1.97. The number of carbonyl (C=O) groups excluding carboxylic acids is 2. The number of rotatable bonds is 7. The molecule has 12 heteroatoms. The zero-order valence-electron chi connectivity index (χ0n) is 20.5. The Balaban J connectivity index is 0.00000361. The number of carboxylic acid groups (broad SMARTS) is 1. The van der Waals surface area contributed by atoms with Crippen LogP contribution >= 0.6 is 11.8 Å². The number of hydrogen-bond acceptors (Lipinski definition) is 8. The van der Waals surface area contributed by atoms with E-state index >= 15 is 0 Å². The fraction of sp³-hybridized carbons (Fsp3) is 0.417. The van der Waals surface area contributed by atoms with Crippen LogP contribution < -0.4 is 40.0 Å². The van der Waals surface area contributed by atoms with Crippen LogP contribution in [0.1, 0.15) is 25.5 Å². The van der Waals surface area contributed by atoms with E-state index < -0.39 is 35.2 Å². The first kappa shape index (κ1) is 28.3. The third kappa shape index (κ3) is 5.97. The van der Waals surface area contributed by atoms with Gasteiger partial charge in [-0.25, -0.2) is 4.79 Å². The van der Waals surface area contributed by atoms with Crippen molar-refractivity contribution in [3.63, 3.8) is 0 Å². The number of aliphatic imine (C=N–C) groups is 1. The van der Waals surface area contributed by atoms with Gasteiger partial charge < -0.3 is 25.2 Å². The van der Waals surface area contributed by atoms with Crippen LogP contribution in [-0.2, 0) is 19.1 Å². The van der Waals surface area contributed by atoms with Gasteiger partial charge in [0.2, 0.25) is 5.91 Å². The zero-order valence-corrected chi connectivity index (χ0v) is 23.3. The Hall–Kier alpha value is -2.31. The molecule has 0 bridgehead atoms. The number of nitrogens with one attached hydrogen (secondary N) is 1. The molecular weight excluding hydrogens is 495 g/mol. The van der Waals surface area contributed by atoms with Crippen LogP contribution in [-0.4, -0.2) is 82.1 Å². The topological polar surface area (TPSA) is 135 Å². The SMILES string of the molecule is CC1=C(C(=O)O)N2C(=O)C(N=C([O-])C(N/C(C)=C\C(=O)N3CCOCC3)c3ccccc3)C2SC1.[Na+]. The minimum atomic E-state index is -1.17. The average molecular weight is 523 g/mol. The number of nitrogens with zero attached hydrogens (tertiary/aromatic N) is 3. The van der Waals surface area contributed by atoms with Crippen molar-refractivity contribution in [1.82, 2.24) is 15.1 Å². The van der Waals surface area contributed by atoms with Crippen LogP contribution in [0.25, 0.3) is 0 Å². The molecule has 186 valence electrons. The zero-order chi connectivity index (χ0) is 25.1. The first-order valence-electron chi connectivity index (χ1n) is 11.3. The molecule has 0 aliphatic carbocycles. The Morgan fingerprint density at radius 1 is 1.28 bits per heavy atom. The summed E-state index contributed by atoms with van der Waals surface area (Å²) in [5.41, 5.74) is 1.69. The minimum Gasteiger partial charge on any atom is -0.860 e. The maximum Gasteiger partial charge on any atom is 1.00 e. The van der Waals surface area contributed by atoms with E-state index in [0.29, 0.717) is 48.9 Å². The summed E-state index contributed by atoms with van der Waals surface area (Å²) in [6.07, 6.45) is 1.44. The summed E-state index contributed by atoms with van der Waals surface area (Å²) in [7, 11) is 0. The van der Waals surface area contributed by atoms with Gasteiger partial charge in [-0.1, -0.05) is 30.3 Å². The van der Waals surface area contributed by atoms with Gasteiger partial charge in [-0.3, -0.25) is 19.5 Å². The standard InChI is InChI=1S/C24H28N4O6S.Na/c1-14-13-35-23-19(22(31)28(23)20(14)24(32)33)26-21(30)18(16-6-4-3-5-7-16)25-15(2)12-17(29)27-8-10-34-11-9-27;/h3-7,12,18-19,23,25H,8-11,13H2,1-2H3,(H,26,30)(H,32,33);/q;+1/p-1/b15-12-;. The van der Waals surface area contributed by atoms with Crippen molar-refractivity contribution in [1.29, 1.82) is 0 Å². The molecule has 2 fully saturated rings. The van der Waals surface area contributed by atoms with Crippen molar-refractivity contribution in [3.05, 3.63) is 58.9 Å². The van der Waals surface area contributed by atoms with Crippen molar-refractivity contribution in [2.45, 2.75) is 31.3 Å². The van der Waals surface area contributed by atoms with Crippen LogP contribution in [0.15, 0.2) is 58.4 Å². The first-order chi connectivity index (χ1) is 16.8. The molecule has 4 rings (SSSR count). The molecule has 3 heterocycles. The number of hydrogen-bond donors (Lipinski definition) is 2. The van der Waals surface area contributed by atoms with Crippen LogP contribution in [0.2, 0.25) is 0 Å². The van der Waals surface area contributed by atoms with Gasteiger partial charge in [0.25, 0.3) is 5.91 Å². The molecule has 0 aromatic heterocycles. The molecular formula is C24H27N4NaO6S. The number of fused-ring (bicyclic) bond motifs is 1. The van der Waals surface area contributed by atoms with Crippen molar-refractivity contribution in [2.75, 3.05) is 32.1 Å². The van der Waals surface area contributed by atoms with Gasteiger partial charge in [-0.2, -0.15) is 0 Å². The largest absolute Gasteiger partial charge is 1.00 e. The molecule has 3 unspecified atom stereocenters. The van der Waals surface area contributed by atoms with Crippen molar-refractivity contribution < 1.29 is 58.9 Å². The third-order valence-electron chi connectivity index (χ3n) is 6.01. The molecule has 1 aromatic rings. The van der Waals surface area contributed by atoms with E-state index in [-0.39, 0.29) is 41.2 Å². The van der Waals surface area contributed by atoms with Gasteiger partial charge in [0.05, 0.1) is 19.3 Å². The molecule has 36 heavy (non-hydrogen) atoms. The van der Waals surface area contributed by atoms with Crippen LogP contribution in [0.5, 0.6) is 0 Å². The number of β-lactam (4-membered cyclic amide) rings is 1. The number of thioether (sulfide) groups is 1. The van der Waals surface area contributed by atoms with Gasteiger partial charge in [0.15, 0.2) is 6.04 Å². The van der Waals surface area contributed by atoms with E-state index in [4.69, 9.17) is 4.74 Å². The van der Waals surface area contributed by atoms with Gasteiger partial charge in [0, 0.05) is 30.6 Å². The second-order valence-electron chi connectivity index (χ2n) is 8.51. The Bertz CT molecular complexity index is 1100. The number of carboxylic acids is 1. The predicted molar refractivity (Wildman–Crippen MR) is 128 cm³/mol. The van der Waals surface area contributed by atoms with Crippen LogP contribution in [0.4, 0.5) is 0 Å². The normalized spacial score (nSPS) is 23.3. The molecule has 10 nitrogen and oxygen atoms in total. The fourth-order valence-electron chi connectivity index (χ4n) is 4.22. The molecule has 2 N–H and O–H groups in total. The molecule has 0 radical (unpaired) electrons. The average Bonchev–Trinajstić information content (AvgIpc) is 2.86. The Morgan fingerprint density at radius 3 is 2.58 bits per heavy atom. The fourth-order valence-corrected chi connectivity index (χ4v) is 5.49. The number of carbonyl (C=O) groups is 3. The van der Waals surface area contributed by atoms with Gasteiger partial charge in [0.1, 0.15) is 11.1 Å². The number of ether oxygens (including phenoxy) is 1. The molecule has 3 atom stereocenters. The third-order valence-corrected chi connectivity index (χ3v) is 7.42. The summed E-state index contributed by atoms with van der Waals surface area (Å²) in [4.78, 5) is 44.1. The monoisotopic (exact) mass is 522 g/mol. The van der Waals surface area contributed by atoms with E-state index in [1.54, 1.807) is 43.0 Å². The quantitative estimate of drug-likeness (QED) is 0.132. The van der Waals surface area contributed by atoms with E-state index in [1.165, 1.54) is 22.7 Å². The van der Waals surface area contributed by atoms with Crippen molar-refractivity contribution in [3.8, 4) is 0 Å². The summed E-state index contributed by atoms with van der Waals surface area (Å²) in [6.45, 7) is 5.36. The second-order valence-corrected chi connectivity index (χ2v) is 9.61. The Labute approximate surface area is 235 Å². The summed E-state index contributed by atoms with van der Waals surface area (Å²) in [6, 6.07) is 7.06. The number of morpholine rings is 1. The van der Waals surface area contributed by atoms with Crippen molar-refractivity contribution >= 4 is 35.4 Å². The van der Waals surface area contributed by atoms with Crippen molar-refractivity contribution in [2.24, 2.45) is 4.99 Å². The van der Waals surface area contributed by atoms with Gasteiger partial charge in [-0.15, -0.1) is 11.8 Å². The van der Waals surface area contributed by atoms with E-state index in [1.807, 2.05) is 6.07 Å². The molecule has 3 aliphatic heterocycles. The van der Waals surface area contributed by atoms with Crippen LogP contribution in [0.3, 0.4) is 0 Å². The molecule has 2 amide bonds. The van der Waals surface area contributed by atoms with Crippen LogP contribution in [0, 0.1) is 0 Å². The maximum absolute atomic E-state index is 13.3. The summed E-state index contributed by atoms with van der Waals surface area (Å²) in [5, 5.41) is 25.4. The predicted octanol–water partition coefficient (Wildman–Crippen LogP) is -2.51. The molecule has 1 aromatic carbocycles.